The first-order valence-electron chi connectivity index (χ1n) is 2.71. The molecule has 0 N–H and O–H groups in total. The molecule has 1 radical (unpaired) electrons. The van der Waals surface area contributed by atoms with E-state index in [1.54, 1.807) is 0 Å². The number of hydrogen-bond donors (Lipinski definition) is 0. The van der Waals surface area contributed by atoms with Gasteiger partial charge in [-0.25, -0.2) is 0 Å². The van der Waals surface area contributed by atoms with Gasteiger partial charge in [-0.3, -0.25) is 0 Å². The lowest BCUT2D eigenvalue weighted by atomic mass is 10.2. The molecule has 0 atom stereocenters. The van der Waals surface area contributed by atoms with Gasteiger partial charge >= 0.3 is 0 Å². The van der Waals surface area contributed by atoms with Gasteiger partial charge in [0, 0.05) is 8.95 Å². The Kier molecular flexibility index (Phi) is 2.69. The molecule has 0 fully saturated rings. The molecule has 0 aliphatic rings. The summed E-state index contributed by atoms with van der Waals surface area (Å²) in [6, 6.07) is 5.89. The highest BCUT2D eigenvalue weighted by Crippen LogP contribution is 2.19. The first-order valence-corrected chi connectivity index (χ1v) is 4.30. The van der Waals surface area contributed by atoms with Crippen LogP contribution in [-0.2, 0) is 0 Å². The van der Waals surface area contributed by atoms with Gasteiger partial charge in [0.2, 0.25) is 0 Å². The van der Waals surface area contributed by atoms with Crippen molar-refractivity contribution >= 4 is 31.9 Å². The standard InChI is InChI=1S/C8H5Br2/c1-2-6-3-7(9)5-8(10)4-6/h3-5H,1H2. The van der Waals surface area contributed by atoms with E-state index in [9.17, 15) is 0 Å². The summed E-state index contributed by atoms with van der Waals surface area (Å²) in [6.07, 6.45) is 2.80. The molecule has 51 valence electrons. The van der Waals surface area contributed by atoms with Crippen molar-refractivity contribution < 1.29 is 0 Å². The monoisotopic (exact) mass is 259 g/mol. The van der Waals surface area contributed by atoms with E-state index >= 15 is 0 Å². The van der Waals surface area contributed by atoms with Crippen molar-refractivity contribution in [2.24, 2.45) is 0 Å². The molecule has 0 amide bonds. The van der Waals surface area contributed by atoms with E-state index in [2.05, 4.69) is 44.5 Å². The first-order chi connectivity index (χ1) is 4.72. The van der Waals surface area contributed by atoms with Crippen molar-refractivity contribution in [2.45, 2.75) is 0 Å². The van der Waals surface area contributed by atoms with E-state index in [1.807, 2.05) is 18.2 Å². The van der Waals surface area contributed by atoms with Gasteiger partial charge in [-0.15, -0.1) is 0 Å². The fraction of sp³-hybridized carbons (Fsp3) is 0. The van der Waals surface area contributed by atoms with Crippen LogP contribution in [0.2, 0.25) is 0 Å². The second-order valence-corrected chi connectivity index (χ2v) is 3.67. The maximum atomic E-state index is 3.55. The SMILES string of the molecule is C=[C]c1cc(Br)cc(Br)c1. The van der Waals surface area contributed by atoms with Crippen LogP contribution in [0.1, 0.15) is 5.56 Å². The van der Waals surface area contributed by atoms with Crippen LogP contribution in [0.4, 0.5) is 0 Å². The lowest BCUT2D eigenvalue weighted by Gasteiger charge is -1.94. The number of halogens is 2. The molecular weight excluding hydrogens is 256 g/mol. The summed E-state index contributed by atoms with van der Waals surface area (Å²) in [5, 5.41) is 0. The van der Waals surface area contributed by atoms with Crippen LogP contribution in [-0.4, -0.2) is 0 Å². The third-order valence-corrected chi connectivity index (χ3v) is 1.98. The van der Waals surface area contributed by atoms with Crippen LogP contribution in [0.5, 0.6) is 0 Å². The van der Waals surface area contributed by atoms with Crippen LogP contribution in [0.15, 0.2) is 33.7 Å². The lowest BCUT2D eigenvalue weighted by molar-refractivity contribution is 1.51. The minimum atomic E-state index is 0.987. The second kappa shape index (κ2) is 3.35. The summed E-state index contributed by atoms with van der Waals surface area (Å²) in [7, 11) is 0. The van der Waals surface area contributed by atoms with Crippen molar-refractivity contribution in [1.29, 1.82) is 0 Å². The van der Waals surface area contributed by atoms with Crippen LogP contribution >= 0.6 is 31.9 Å². The smallest absolute Gasteiger partial charge is 0.0192 e. The molecule has 2 heteroatoms. The summed E-state index contributed by atoms with van der Waals surface area (Å²) in [4.78, 5) is 0. The third-order valence-electron chi connectivity index (χ3n) is 1.07. The van der Waals surface area contributed by atoms with Gasteiger partial charge in [-0.2, -0.15) is 0 Å². The van der Waals surface area contributed by atoms with E-state index in [4.69, 9.17) is 0 Å². The van der Waals surface area contributed by atoms with Gasteiger partial charge in [0.1, 0.15) is 0 Å². The average Bonchev–Trinajstić information content (AvgIpc) is 1.85. The minimum absolute atomic E-state index is 0.987. The summed E-state index contributed by atoms with van der Waals surface area (Å²) < 4.78 is 2.07. The van der Waals surface area contributed by atoms with Crippen LogP contribution in [0.3, 0.4) is 0 Å². The molecule has 1 aromatic rings. The molecule has 0 heterocycles. The highest BCUT2D eigenvalue weighted by molar-refractivity contribution is 9.11. The Bertz CT molecular complexity index is 233. The Morgan fingerprint density at radius 3 is 2.00 bits per heavy atom. The molecule has 0 bridgehead atoms. The Labute approximate surface area is 77.2 Å². The predicted molar refractivity (Wildman–Crippen MR) is 49.8 cm³/mol. The van der Waals surface area contributed by atoms with Gasteiger partial charge in [0.15, 0.2) is 0 Å². The molecule has 0 aliphatic carbocycles. The topological polar surface area (TPSA) is 0 Å². The number of hydrogen-bond acceptors (Lipinski definition) is 0. The van der Waals surface area contributed by atoms with Crippen molar-refractivity contribution in [1.82, 2.24) is 0 Å². The zero-order valence-electron chi connectivity index (χ0n) is 5.20. The van der Waals surface area contributed by atoms with E-state index < -0.39 is 0 Å². The normalized spacial score (nSPS) is 9.40. The van der Waals surface area contributed by atoms with Crippen molar-refractivity contribution in [3.8, 4) is 0 Å². The van der Waals surface area contributed by atoms with E-state index in [0.29, 0.717) is 0 Å². The van der Waals surface area contributed by atoms with Gasteiger partial charge in [-0.05, 0) is 29.8 Å². The minimum Gasteiger partial charge on any atom is -0.0906 e. The van der Waals surface area contributed by atoms with Crippen LogP contribution in [0.25, 0.3) is 0 Å². The highest BCUT2D eigenvalue weighted by atomic mass is 79.9. The van der Waals surface area contributed by atoms with Gasteiger partial charge in [0.25, 0.3) is 0 Å². The molecule has 0 spiro atoms. The average molecular weight is 261 g/mol. The fourth-order valence-electron chi connectivity index (χ4n) is 0.656. The van der Waals surface area contributed by atoms with E-state index in [0.717, 1.165) is 14.5 Å². The Balaban J connectivity index is 3.18. The van der Waals surface area contributed by atoms with E-state index in [-0.39, 0.29) is 0 Å². The van der Waals surface area contributed by atoms with Gasteiger partial charge in [0.05, 0.1) is 0 Å². The summed E-state index contributed by atoms with van der Waals surface area (Å²) in [5.41, 5.74) is 0.987. The zero-order valence-corrected chi connectivity index (χ0v) is 8.37. The summed E-state index contributed by atoms with van der Waals surface area (Å²) in [5.74, 6) is 0. The fourth-order valence-corrected chi connectivity index (χ4v) is 1.95. The molecule has 10 heavy (non-hydrogen) atoms. The largest absolute Gasteiger partial charge is 0.0906 e. The Morgan fingerprint density at radius 1 is 1.10 bits per heavy atom. The van der Waals surface area contributed by atoms with Crippen LogP contribution in [0, 0.1) is 6.08 Å². The maximum absolute atomic E-state index is 3.55. The van der Waals surface area contributed by atoms with Gasteiger partial charge in [-0.1, -0.05) is 38.4 Å². The summed E-state index contributed by atoms with van der Waals surface area (Å²) >= 11 is 6.71. The molecule has 0 aliphatic heterocycles. The molecule has 0 aromatic heterocycles. The lowest BCUT2D eigenvalue weighted by Crippen LogP contribution is -1.73. The van der Waals surface area contributed by atoms with Crippen molar-refractivity contribution in [2.75, 3.05) is 0 Å². The quantitative estimate of drug-likeness (QED) is 0.725. The number of rotatable bonds is 1. The first kappa shape index (κ1) is 8.02. The van der Waals surface area contributed by atoms with Gasteiger partial charge < -0.3 is 0 Å². The molecular formula is C8H5Br2. The molecule has 0 unspecified atom stereocenters. The molecule has 1 rings (SSSR count). The highest BCUT2D eigenvalue weighted by Gasteiger charge is 1.92. The number of benzene rings is 1. The second-order valence-electron chi connectivity index (χ2n) is 1.83. The van der Waals surface area contributed by atoms with Crippen molar-refractivity contribution in [3.63, 3.8) is 0 Å². The molecule has 0 nitrogen and oxygen atoms in total. The summed E-state index contributed by atoms with van der Waals surface area (Å²) in [6.45, 7) is 3.55. The van der Waals surface area contributed by atoms with E-state index in [1.165, 1.54) is 0 Å². The molecule has 1 aromatic carbocycles. The van der Waals surface area contributed by atoms with Crippen molar-refractivity contribution in [3.05, 3.63) is 45.4 Å². The third kappa shape index (κ3) is 1.96. The molecule has 0 saturated heterocycles. The Morgan fingerprint density at radius 2 is 1.60 bits per heavy atom. The Hall–Kier alpha value is -0.0800. The van der Waals surface area contributed by atoms with Crippen LogP contribution < -0.4 is 0 Å². The predicted octanol–water partition coefficient (Wildman–Crippen LogP) is 3.55. The molecule has 0 saturated carbocycles. The zero-order chi connectivity index (χ0) is 7.56. The maximum Gasteiger partial charge on any atom is 0.0192 e.